The van der Waals surface area contributed by atoms with Crippen molar-refractivity contribution in [3.63, 3.8) is 0 Å². The summed E-state index contributed by atoms with van der Waals surface area (Å²) in [4.78, 5) is 32.0. The van der Waals surface area contributed by atoms with Crippen LogP contribution in [0.25, 0.3) is 0 Å². The van der Waals surface area contributed by atoms with Crippen LogP contribution in [0, 0.1) is 10.1 Å². The van der Waals surface area contributed by atoms with Crippen molar-refractivity contribution in [2.45, 2.75) is 0 Å². The van der Waals surface area contributed by atoms with E-state index in [4.69, 9.17) is 14.6 Å². The molecule has 2 rings (SSSR count). The first-order valence-corrected chi connectivity index (χ1v) is 5.42. The van der Waals surface area contributed by atoms with Crippen LogP contribution in [-0.4, -0.2) is 38.1 Å². The lowest BCUT2D eigenvalue weighted by atomic mass is 10.3. The number of ether oxygens (including phenoxy) is 2. The summed E-state index contributed by atoms with van der Waals surface area (Å²) >= 11 is 0. The second-order valence-corrected chi connectivity index (χ2v) is 3.61. The molecule has 0 amide bonds. The van der Waals surface area contributed by atoms with E-state index in [1.54, 1.807) is 0 Å². The quantitative estimate of drug-likeness (QED) is 0.637. The topological polar surface area (TPSA) is 138 Å². The van der Waals surface area contributed by atoms with Crippen LogP contribution in [0.3, 0.4) is 0 Å². The van der Waals surface area contributed by atoms with Gasteiger partial charge in [-0.05, 0) is 6.07 Å². The predicted molar refractivity (Wildman–Crippen MR) is 66.5 cm³/mol. The van der Waals surface area contributed by atoms with Crippen molar-refractivity contribution in [1.29, 1.82) is 0 Å². The first-order valence-electron chi connectivity index (χ1n) is 5.42. The minimum absolute atomic E-state index is 0.0150. The van der Waals surface area contributed by atoms with E-state index in [2.05, 4.69) is 15.0 Å². The molecule has 10 heteroatoms. The molecular formula is C11H8N4O6. The Hall–Kier alpha value is -3.30. The fraction of sp³-hybridized carbons (Fsp3) is 0.0909. The van der Waals surface area contributed by atoms with Gasteiger partial charge in [-0.15, -0.1) is 0 Å². The van der Waals surface area contributed by atoms with Crippen LogP contribution in [0.5, 0.6) is 17.5 Å². The monoisotopic (exact) mass is 292 g/mol. The SMILES string of the molecule is COc1ncnc(Oc2cncc(C(=O)O)c2)c1[N+](=O)[O-]. The molecule has 2 heterocycles. The number of aromatic carboxylic acids is 1. The molecule has 0 bridgehead atoms. The van der Waals surface area contributed by atoms with Gasteiger partial charge in [-0.1, -0.05) is 0 Å². The predicted octanol–water partition coefficient (Wildman–Crippen LogP) is 1.28. The summed E-state index contributed by atoms with van der Waals surface area (Å²) in [5, 5.41) is 19.9. The summed E-state index contributed by atoms with van der Waals surface area (Å²) in [5.74, 6) is -1.87. The van der Waals surface area contributed by atoms with Crippen molar-refractivity contribution >= 4 is 11.7 Å². The lowest BCUT2D eigenvalue weighted by molar-refractivity contribution is -0.387. The molecule has 0 aliphatic heterocycles. The van der Waals surface area contributed by atoms with Crippen LogP contribution in [0.1, 0.15) is 10.4 Å². The summed E-state index contributed by atoms with van der Waals surface area (Å²) in [6, 6.07) is 1.16. The molecule has 0 saturated carbocycles. The van der Waals surface area contributed by atoms with Gasteiger partial charge in [0.25, 0.3) is 0 Å². The molecule has 21 heavy (non-hydrogen) atoms. The average Bonchev–Trinajstić information content (AvgIpc) is 2.46. The molecule has 0 radical (unpaired) electrons. The van der Waals surface area contributed by atoms with Crippen LogP contribution < -0.4 is 9.47 Å². The molecule has 0 aromatic carbocycles. The van der Waals surface area contributed by atoms with Crippen molar-refractivity contribution < 1.29 is 24.3 Å². The Morgan fingerprint density at radius 3 is 2.67 bits per heavy atom. The van der Waals surface area contributed by atoms with Crippen molar-refractivity contribution in [2.75, 3.05) is 7.11 Å². The summed E-state index contributed by atoms with van der Waals surface area (Å²) in [6.45, 7) is 0. The minimum Gasteiger partial charge on any atom is -0.478 e. The summed E-state index contributed by atoms with van der Waals surface area (Å²) in [6.07, 6.45) is 3.34. The van der Waals surface area contributed by atoms with E-state index in [0.29, 0.717) is 0 Å². The highest BCUT2D eigenvalue weighted by Gasteiger charge is 2.26. The number of carboxylic acid groups (broad SMARTS) is 1. The minimum atomic E-state index is -1.21. The molecule has 10 nitrogen and oxygen atoms in total. The van der Waals surface area contributed by atoms with Gasteiger partial charge in [-0.25, -0.2) is 4.79 Å². The molecule has 0 spiro atoms. The van der Waals surface area contributed by atoms with E-state index >= 15 is 0 Å². The molecule has 0 aliphatic carbocycles. The normalized spacial score (nSPS) is 9.95. The van der Waals surface area contributed by atoms with E-state index in [-0.39, 0.29) is 23.1 Å². The largest absolute Gasteiger partial charge is 0.478 e. The van der Waals surface area contributed by atoms with Crippen LogP contribution in [0.4, 0.5) is 5.69 Å². The maximum absolute atomic E-state index is 11.0. The smallest absolute Gasteiger partial charge is 0.392 e. The Morgan fingerprint density at radius 1 is 1.33 bits per heavy atom. The van der Waals surface area contributed by atoms with Gasteiger partial charge in [-0.2, -0.15) is 9.97 Å². The second kappa shape index (κ2) is 5.77. The summed E-state index contributed by atoms with van der Waals surface area (Å²) in [7, 11) is 1.21. The molecule has 1 N–H and O–H groups in total. The van der Waals surface area contributed by atoms with Crippen molar-refractivity contribution in [2.24, 2.45) is 0 Å². The highest BCUT2D eigenvalue weighted by molar-refractivity contribution is 5.87. The van der Waals surface area contributed by atoms with E-state index in [9.17, 15) is 14.9 Å². The van der Waals surface area contributed by atoms with Crippen LogP contribution >= 0.6 is 0 Å². The zero-order valence-corrected chi connectivity index (χ0v) is 10.6. The average molecular weight is 292 g/mol. The molecule has 0 saturated heterocycles. The summed E-state index contributed by atoms with van der Waals surface area (Å²) < 4.78 is 9.97. The fourth-order valence-corrected chi connectivity index (χ4v) is 1.43. The molecule has 108 valence electrons. The first-order chi connectivity index (χ1) is 10.0. The van der Waals surface area contributed by atoms with E-state index in [0.717, 1.165) is 18.6 Å². The standard InChI is InChI=1S/C11H8N4O6/c1-20-9-8(15(18)19)10(14-5-13-9)21-7-2-6(11(16)17)3-12-4-7/h2-5H,1H3,(H,16,17). The van der Waals surface area contributed by atoms with Gasteiger partial charge in [0.15, 0.2) is 0 Å². The Morgan fingerprint density at radius 2 is 2.05 bits per heavy atom. The zero-order chi connectivity index (χ0) is 15.4. The number of aromatic nitrogens is 3. The zero-order valence-electron chi connectivity index (χ0n) is 10.6. The number of carboxylic acids is 1. The lowest BCUT2D eigenvalue weighted by Gasteiger charge is -2.06. The van der Waals surface area contributed by atoms with Gasteiger partial charge in [0, 0.05) is 6.20 Å². The first kappa shape index (κ1) is 14.1. The second-order valence-electron chi connectivity index (χ2n) is 3.61. The number of hydrogen-bond acceptors (Lipinski definition) is 8. The van der Waals surface area contributed by atoms with Gasteiger partial charge < -0.3 is 14.6 Å². The summed E-state index contributed by atoms with van der Waals surface area (Å²) in [5.41, 5.74) is -0.697. The lowest BCUT2D eigenvalue weighted by Crippen LogP contribution is -2.02. The van der Waals surface area contributed by atoms with Gasteiger partial charge in [0.2, 0.25) is 0 Å². The van der Waals surface area contributed by atoms with E-state index in [1.807, 2.05) is 0 Å². The highest BCUT2D eigenvalue weighted by atomic mass is 16.6. The number of hydrogen-bond donors (Lipinski definition) is 1. The van der Waals surface area contributed by atoms with Crippen LogP contribution in [-0.2, 0) is 0 Å². The molecular weight excluding hydrogens is 284 g/mol. The van der Waals surface area contributed by atoms with Gasteiger partial charge in [0.05, 0.1) is 23.8 Å². The number of pyridine rings is 1. The number of carbonyl (C=O) groups is 1. The van der Waals surface area contributed by atoms with Crippen molar-refractivity contribution in [3.8, 4) is 17.5 Å². The number of methoxy groups -OCH3 is 1. The van der Waals surface area contributed by atoms with Crippen molar-refractivity contribution in [1.82, 2.24) is 15.0 Å². The Labute approximate surface area is 117 Å². The van der Waals surface area contributed by atoms with Crippen LogP contribution in [0.2, 0.25) is 0 Å². The van der Waals surface area contributed by atoms with E-state index < -0.39 is 16.6 Å². The number of nitro groups is 1. The number of nitrogens with zero attached hydrogens (tertiary/aromatic N) is 4. The highest BCUT2D eigenvalue weighted by Crippen LogP contribution is 2.34. The molecule has 0 atom stereocenters. The molecule has 2 aromatic heterocycles. The fourth-order valence-electron chi connectivity index (χ4n) is 1.43. The third-order valence-corrected chi connectivity index (χ3v) is 2.31. The van der Waals surface area contributed by atoms with Gasteiger partial charge in [0.1, 0.15) is 12.1 Å². The third-order valence-electron chi connectivity index (χ3n) is 2.31. The Bertz CT molecular complexity index is 705. The van der Waals surface area contributed by atoms with Gasteiger partial charge in [-0.3, -0.25) is 15.1 Å². The molecule has 2 aromatic rings. The maximum Gasteiger partial charge on any atom is 0.392 e. The van der Waals surface area contributed by atoms with Gasteiger partial charge >= 0.3 is 23.4 Å². The van der Waals surface area contributed by atoms with Crippen LogP contribution in [0.15, 0.2) is 24.8 Å². The van der Waals surface area contributed by atoms with Crippen molar-refractivity contribution in [3.05, 3.63) is 40.5 Å². The Balaban J connectivity index is 2.42. The maximum atomic E-state index is 11.0. The molecule has 0 unspecified atom stereocenters. The Kier molecular flexibility index (Phi) is 3.88. The number of rotatable bonds is 5. The third kappa shape index (κ3) is 3.00. The van der Waals surface area contributed by atoms with E-state index in [1.165, 1.54) is 13.3 Å². The molecule has 0 aliphatic rings. The molecule has 0 fully saturated rings.